The van der Waals surface area contributed by atoms with Crippen molar-refractivity contribution < 1.29 is 9.47 Å². The van der Waals surface area contributed by atoms with Crippen LogP contribution in [0.25, 0.3) is 5.57 Å². The molecule has 3 heteroatoms. The Morgan fingerprint density at radius 3 is 2.53 bits per heavy atom. The quantitative estimate of drug-likeness (QED) is 0.883. The van der Waals surface area contributed by atoms with Crippen LogP contribution >= 0.6 is 0 Å². The second kappa shape index (κ2) is 6.62. The number of benzene rings is 1. The molecular formula is C16H23NO2. The molecule has 1 aliphatic rings. The Kier molecular flexibility index (Phi) is 4.86. The van der Waals surface area contributed by atoms with Crippen LogP contribution in [0.3, 0.4) is 0 Å². The van der Waals surface area contributed by atoms with Crippen LogP contribution in [-0.4, -0.2) is 19.3 Å². The fourth-order valence-corrected chi connectivity index (χ4v) is 2.37. The molecule has 0 radical (unpaired) electrons. The van der Waals surface area contributed by atoms with Gasteiger partial charge >= 0.3 is 0 Å². The molecule has 0 heterocycles. The van der Waals surface area contributed by atoms with Crippen LogP contribution in [0.2, 0.25) is 0 Å². The van der Waals surface area contributed by atoms with Gasteiger partial charge in [-0.1, -0.05) is 12.1 Å². The molecule has 1 atom stereocenters. The Bertz CT molecular complexity index is 454. The molecule has 1 aromatic carbocycles. The van der Waals surface area contributed by atoms with Crippen LogP contribution in [0.1, 0.15) is 38.7 Å². The lowest BCUT2D eigenvalue weighted by atomic mass is 9.91. The van der Waals surface area contributed by atoms with Crippen molar-refractivity contribution in [3.8, 4) is 11.5 Å². The average Bonchev–Trinajstić information content (AvgIpc) is 2.42. The molecule has 0 amide bonds. The summed E-state index contributed by atoms with van der Waals surface area (Å²) < 4.78 is 11.2. The third-order valence-corrected chi connectivity index (χ3v) is 3.37. The van der Waals surface area contributed by atoms with E-state index in [2.05, 4.69) is 18.2 Å². The number of ether oxygens (including phenoxy) is 2. The Balaban J connectivity index is 2.24. The zero-order chi connectivity index (χ0) is 13.7. The first-order valence-corrected chi connectivity index (χ1v) is 7.09. The second-order valence-electron chi connectivity index (χ2n) is 4.79. The van der Waals surface area contributed by atoms with Crippen molar-refractivity contribution in [3.63, 3.8) is 0 Å². The summed E-state index contributed by atoms with van der Waals surface area (Å²) in [6, 6.07) is 6.50. The third kappa shape index (κ3) is 3.51. The maximum absolute atomic E-state index is 5.93. The summed E-state index contributed by atoms with van der Waals surface area (Å²) in [6.45, 7) is 5.26. The maximum atomic E-state index is 5.93. The third-order valence-electron chi connectivity index (χ3n) is 3.37. The molecule has 1 aliphatic carbocycles. The van der Waals surface area contributed by atoms with Crippen molar-refractivity contribution in [2.24, 2.45) is 5.73 Å². The van der Waals surface area contributed by atoms with Gasteiger partial charge in [-0.05, 0) is 56.4 Å². The van der Waals surface area contributed by atoms with Crippen LogP contribution in [0.5, 0.6) is 11.5 Å². The molecule has 104 valence electrons. The summed E-state index contributed by atoms with van der Waals surface area (Å²) in [5.74, 6) is 1.65. The molecule has 0 spiro atoms. The number of hydrogen-bond acceptors (Lipinski definition) is 3. The van der Waals surface area contributed by atoms with E-state index >= 15 is 0 Å². The van der Waals surface area contributed by atoms with Crippen LogP contribution in [-0.2, 0) is 0 Å². The minimum Gasteiger partial charge on any atom is -0.490 e. The minimum atomic E-state index is 0.317. The van der Waals surface area contributed by atoms with Gasteiger partial charge in [0, 0.05) is 6.04 Å². The van der Waals surface area contributed by atoms with Gasteiger partial charge in [-0.15, -0.1) is 0 Å². The lowest BCUT2D eigenvalue weighted by Gasteiger charge is -2.19. The van der Waals surface area contributed by atoms with Gasteiger partial charge in [0.15, 0.2) is 11.5 Å². The number of nitrogens with two attached hydrogens (primary N) is 1. The lowest BCUT2D eigenvalue weighted by molar-refractivity contribution is 0.287. The predicted molar refractivity (Wildman–Crippen MR) is 78.6 cm³/mol. The highest BCUT2D eigenvalue weighted by Gasteiger charge is 2.14. The monoisotopic (exact) mass is 261 g/mol. The van der Waals surface area contributed by atoms with Crippen molar-refractivity contribution >= 4 is 5.57 Å². The highest BCUT2D eigenvalue weighted by molar-refractivity contribution is 5.68. The standard InChI is InChI=1S/C16H23NO2/c1-3-18-15-10-7-13(11-16(15)19-4-2)12-5-8-14(17)9-6-12/h5,7,10-11,14H,3-4,6,8-9,17H2,1-2H3. The van der Waals surface area contributed by atoms with Gasteiger partial charge in [-0.2, -0.15) is 0 Å². The number of hydrogen-bond donors (Lipinski definition) is 1. The largest absolute Gasteiger partial charge is 0.490 e. The van der Waals surface area contributed by atoms with Crippen LogP contribution in [0.15, 0.2) is 24.3 Å². The average molecular weight is 261 g/mol. The predicted octanol–water partition coefficient (Wildman–Crippen LogP) is 3.38. The van der Waals surface area contributed by atoms with Crippen molar-refractivity contribution in [1.82, 2.24) is 0 Å². The summed E-state index contributed by atoms with van der Waals surface area (Å²) in [5.41, 5.74) is 8.51. The van der Waals surface area contributed by atoms with Gasteiger partial charge in [-0.25, -0.2) is 0 Å². The van der Waals surface area contributed by atoms with E-state index in [1.54, 1.807) is 0 Å². The highest BCUT2D eigenvalue weighted by atomic mass is 16.5. The van der Waals surface area contributed by atoms with Crippen LogP contribution < -0.4 is 15.2 Å². The Morgan fingerprint density at radius 2 is 1.89 bits per heavy atom. The number of rotatable bonds is 5. The van der Waals surface area contributed by atoms with Gasteiger partial charge < -0.3 is 15.2 Å². The van der Waals surface area contributed by atoms with Crippen LogP contribution in [0.4, 0.5) is 0 Å². The smallest absolute Gasteiger partial charge is 0.161 e. The van der Waals surface area contributed by atoms with E-state index in [0.717, 1.165) is 30.8 Å². The minimum absolute atomic E-state index is 0.317. The molecule has 3 nitrogen and oxygen atoms in total. The molecule has 0 aliphatic heterocycles. The van der Waals surface area contributed by atoms with Crippen molar-refractivity contribution in [1.29, 1.82) is 0 Å². The highest BCUT2D eigenvalue weighted by Crippen LogP contribution is 2.34. The molecule has 1 unspecified atom stereocenters. The molecule has 2 rings (SSSR count). The topological polar surface area (TPSA) is 44.5 Å². The first-order valence-electron chi connectivity index (χ1n) is 7.09. The summed E-state index contributed by atoms with van der Waals surface area (Å²) in [6.07, 6.45) is 5.32. The van der Waals surface area contributed by atoms with E-state index in [1.165, 1.54) is 11.1 Å². The van der Waals surface area contributed by atoms with E-state index in [-0.39, 0.29) is 0 Å². The Labute approximate surface area is 115 Å². The van der Waals surface area contributed by atoms with Gasteiger partial charge in [0.05, 0.1) is 13.2 Å². The van der Waals surface area contributed by atoms with E-state index in [1.807, 2.05) is 19.9 Å². The Hall–Kier alpha value is -1.48. The summed E-state index contributed by atoms with van der Waals surface area (Å²) >= 11 is 0. The molecule has 0 saturated heterocycles. The van der Waals surface area contributed by atoms with Crippen LogP contribution in [0, 0.1) is 0 Å². The molecule has 0 fully saturated rings. The molecule has 0 bridgehead atoms. The van der Waals surface area contributed by atoms with Crippen molar-refractivity contribution in [3.05, 3.63) is 29.8 Å². The fourth-order valence-electron chi connectivity index (χ4n) is 2.37. The summed E-state index contributed by atoms with van der Waals surface area (Å²) in [5, 5.41) is 0. The fraction of sp³-hybridized carbons (Fsp3) is 0.500. The normalized spacial score (nSPS) is 18.9. The SMILES string of the molecule is CCOc1ccc(C2=CCC(N)CC2)cc1OCC. The van der Waals surface area contributed by atoms with E-state index in [9.17, 15) is 0 Å². The van der Waals surface area contributed by atoms with Crippen molar-refractivity contribution in [2.45, 2.75) is 39.2 Å². The molecule has 19 heavy (non-hydrogen) atoms. The van der Waals surface area contributed by atoms with Gasteiger partial charge in [0.2, 0.25) is 0 Å². The molecular weight excluding hydrogens is 238 g/mol. The Morgan fingerprint density at radius 1 is 1.16 bits per heavy atom. The van der Waals surface area contributed by atoms with E-state index in [4.69, 9.17) is 15.2 Å². The van der Waals surface area contributed by atoms with Gasteiger partial charge in [-0.3, -0.25) is 0 Å². The molecule has 0 aromatic heterocycles. The zero-order valence-electron chi connectivity index (χ0n) is 11.8. The zero-order valence-corrected chi connectivity index (χ0v) is 11.8. The second-order valence-corrected chi connectivity index (χ2v) is 4.79. The summed E-state index contributed by atoms with van der Waals surface area (Å²) in [7, 11) is 0. The lowest BCUT2D eigenvalue weighted by Crippen LogP contribution is -2.21. The van der Waals surface area contributed by atoms with E-state index < -0.39 is 0 Å². The van der Waals surface area contributed by atoms with Crippen molar-refractivity contribution in [2.75, 3.05) is 13.2 Å². The van der Waals surface area contributed by atoms with E-state index in [0.29, 0.717) is 19.3 Å². The molecule has 0 saturated carbocycles. The van der Waals surface area contributed by atoms with Gasteiger partial charge in [0.1, 0.15) is 0 Å². The first kappa shape index (κ1) is 13.9. The summed E-state index contributed by atoms with van der Waals surface area (Å²) in [4.78, 5) is 0. The maximum Gasteiger partial charge on any atom is 0.161 e. The molecule has 1 aromatic rings. The first-order chi connectivity index (χ1) is 9.24. The number of allylic oxidation sites excluding steroid dienone is 1. The van der Waals surface area contributed by atoms with Gasteiger partial charge in [0.25, 0.3) is 0 Å². The molecule has 2 N–H and O–H groups in total.